The molecule has 0 aromatic heterocycles. The van der Waals surface area contributed by atoms with E-state index < -0.39 is 17.5 Å². The number of anilines is 1. The van der Waals surface area contributed by atoms with E-state index in [1.807, 2.05) is 0 Å². The molecular formula is C15H10BrF2NO3. The Labute approximate surface area is 133 Å². The summed E-state index contributed by atoms with van der Waals surface area (Å²) in [5.74, 6) is -2.38. The van der Waals surface area contributed by atoms with Gasteiger partial charge in [-0.25, -0.2) is 8.78 Å². The van der Waals surface area contributed by atoms with Crippen molar-refractivity contribution >= 4 is 33.8 Å². The summed E-state index contributed by atoms with van der Waals surface area (Å²) in [6.07, 6.45) is 0.605. The lowest BCUT2D eigenvalue weighted by atomic mass is 10.2. The van der Waals surface area contributed by atoms with Crippen LogP contribution in [0.5, 0.6) is 5.75 Å². The highest BCUT2D eigenvalue weighted by atomic mass is 79.9. The number of halogens is 3. The summed E-state index contributed by atoms with van der Waals surface area (Å²) in [5, 5.41) is 2.36. The van der Waals surface area contributed by atoms with E-state index in [9.17, 15) is 18.4 Å². The molecule has 0 saturated carbocycles. The van der Waals surface area contributed by atoms with Crippen LogP contribution in [-0.4, -0.2) is 18.8 Å². The van der Waals surface area contributed by atoms with Crippen LogP contribution in [0.25, 0.3) is 0 Å². The molecule has 0 spiro atoms. The van der Waals surface area contributed by atoms with Gasteiger partial charge in [-0.3, -0.25) is 9.59 Å². The lowest BCUT2D eigenvalue weighted by Crippen LogP contribution is -2.20. The molecule has 114 valence electrons. The zero-order valence-electron chi connectivity index (χ0n) is 11.1. The fourth-order valence-electron chi connectivity index (χ4n) is 1.66. The van der Waals surface area contributed by atoms with Crippen molar-refractivity contribution in [2.45, 2.75) is 0 Å². The maximum Gasteiger partial charge on any atom is 0.262 e. The third-order valence-corrected chi connectivity index (χ3v) is 3.15. The van der Waals surface area contributed by atoms with Crippen molar-refractivity contribution in [2.24, 2.45) is 0 Å². The van der Waals surface area contributed by atoms with Crippen LogP contribution in [0.2, 0.25) is 0 Å². The second-order valence-electron chi connectivity index (χ2n) is 4.27. The minimum atomic E-state index is -1.06. The Morgan fingerprint density at radius 3 is 2.64 bits per heavy atom. The van der Waals surface area contributed by atoms with Gasteiger partial charge in [-0.05, 0) is 30.3 Å². The summed E-state index contributed by atoms with van der Waals surface area (Å²) in [6, 6.07) is 7.76. The van der Waals surface area contributed by atoms with Crippen LogP contribution in [0.1, 0.15) is 10.4 Å². The van der Waals surface area contributed by atoms with Crippen LogP contribution in [-0.2, 0) is 4.79 Å². The largest absolute Gasteiger partial charge is 0.483 e. The SMILES string of the molecule is O=Cc1cc(Br)ccc1OCC(=O)Nc1ccc(F)c(F)c1. The van der Waals surface area contributed by atoms with Crippen LogP contribution in [0.4, 0.5) is 14.5 Å². The van der Waals surface area contributed by atoms with E-state index in [1.165, 1.54) is 6.07 Å². The van der Waals surface area contributed by atoms with Gasteiger partial charge in [0.15, 0.2) is 24.5 Å². The van der Waals surface area contributed by atoms with Gasteiger partial charge in [0.2, 0.25) is 0 Å². The predicted octanol–water partition coefficient (Wildman–Crippen LogP) is 3.56. The first-order chi connectivity index (χ1) is 10.5. The number of ether oxygens (including phenoxy) is 1. The van der Waals surface area contributed by atoms with Crippen molar-refractivity contribution < 1.29 is 23.1 Å². The van der Waals surface area contributed by atoms with E-state index in [2.05, 4.69) is 21.2 Å². The number of hydrogen-bond donors (Lipinski definition) is 1. The number of carbonyl (C=O) groups is 2. The fraction of sp³-hybridized carbons (Fsp3) is 0.0667. The maximum atomic E-state index is 13.0. The first kappa shape index (κ1) is 16.1. The van der Waals surface area contributed by atoms with Gasteiger partial charge < -0.3 is 10.1 Å². The Hall–Kier alpha value is -2.28. The van der Waals surface area contributed by atoms with Gasteiger partial charge in [0, 0.05) is 16.2 Å². The normalized spacial score (nSPS) is 10.1. The standard InChI is InChI=1S/C15H10BrF2NO3/c16-10-1-4-14(9(5-10)7-20)22-8-15(21)19-11-2-3-12(17)13(18)6-11/h1-7H,8H2,(H,19,21). The molecule has 0 aliphatic carbocycles. The number of carbonyl (C=O) groups excluding carboxylic acids is 2. The third-order valence-electron chi connectivity index (χ3n) is 2.66. The Balaban J connectivity index is 1.98. The highest BCUT2D eigenvalue weighted by Crippen LogP contribution is 2.21. The molecule has 0 fully saturated rings. The summed E-state index contributed by atoms with van der Waals surface area (Å²) in [4.78, 5) is 22.6. The summed E-state index contributed by atoms with van der Waals surface area (Å²) in [6.45, 7) is -0.374. The molecule has 1 N–H and O–H groups in total. The lowest BCUT2D eigenvalue weighted by Gasteiger charge is -2.09. The Kier molecular flexibility index (Phi) is 5.21. The first-order valence-electron chi connectivity index (χ1n) is 6.12. The van der Waals surface area contributed by atoms with E-state index in [4.69, 9.17) is 4.74 Å². The summed E-state index contributed by atoms with van der Waals surface area (Å²) in [5.41, 5.74) is 0.397. The quantitative estimate of drug-likeness (QED) is 0.819. The average molecular weight is 370 g/mol. The van der Waals surface area contributed by atoms with Gasteiger partial charge >= 0.3 is 0 Å². The summed E-state index contributed by atoms with van der Waals surface area (Å²) in [7, 11) is 0. The van der Waals surface area contributed by atoms with Crippen molar-refractivity contribution in [3.8, 4) is 5.75 Å². The molecule has 2 rings (SSSR count). The van der Waals surface area contributed by atoms with Crippen LogP contribution in [0.3, 0.4) is 0 Å². The highest BCUT2D eigenvalue weighted by molar-refractivity contribution is 9.10. The van der Waals surface area contributed by atoms with E-state index >= 15 is 0 Å². The van der Waals surface area contributed by atoms with Crippen molar-refractivity contribution in [3.05, 3.63) is 58.1 Å². The van der Waals surface area contributed by atoms with Gasteiger partial charge in [-0.2, -0.15) is 0 Å². The first-order valence-corrected chi connectivity index (χ1v) is 6.91. The zero-order chi connectivity index (χ0) is 16.1. The Morgan fingerprint density at radius 1 is 1.18 bits per heavy atom. The van der Waals surface area contributed by atoms with Gasteiger partial charge in [0.1, 0.15) is 5.75 Å². The summed E-state index contributed by atoms with van der Waals surface area (Å²) < 4.78 is 31.7. The van der Waals surface area contributed by atoms with Crippen LogP contribution in [0.15, 0.2) is 40.9 Å². The zero-order valence-corrected chi connectivity index (χ0v) is 12.7. The molecule has 0 aliphatic heterocycles. The molecular weight excluding hydrogens is 360 g/mol. The van der Waals surface area contributed by atoms with E-state index in [0.717, 1.165) is 12.1 Å². The molecule has 2 aromatic carbocycles. The van der Waals surface area contributed by atoms with Crippen molar-refractivity contribution in [1.82, 2.24) is 0 Å². The molecule has 22 heavy (non-hydrogen) atoms. The molecule has 4 nitrogen and oxygen atoms in total. The number of nitrogens with one attached hydrogen (secondary N) is 1. The number of amides is 1. The maximum absolute atomic E-state index is 13.0. The Morgan fingerprint density at radius 2 is 1.95 bits per heavy atom. The summed E-state index contributed by atoms with van der Waals surface area (Å²) >= 11 is 3.21. The molecule has 7 heteroatoms. The lowest BCUT2D eigenvalue weighted by molar-refractivity contribution is -0.118. The number of aldehydes is 1. The van der Waals surface area contributed by atoms with Gasteiger partial charge in [0.25, 0.3) is 5.91 Å². The average Bonchev–Trinajstić information content (AvgIpc) is 2.49. The smallest absolute Gasteiger partial charge is 0.262 e. The van der Waals surface area contributed by atoms with Crippen molar-refractivity contribution in [3.63, 3.8) is 0 Å². The Bertz CT molecular complexity index is 722. The topological polar surface area (TPSA) is 55.4 Å². The van der Waals surface area contributed by atoms with Gasteiger partial charge in [-0.1, -0.05) is 15.9 Å². The molecule has 0 aliphatic rings. The molecule has 0 unspecified atom stereocenters. The molecule has 0 bridgehead atoms. The fourth-order valence-corrected chi connectivity index (χ4v) is 2.04. The molecule has 0 atom stereocenters. The van der Waals surface area contributed by atoms with E-state index in [0.29, 0.717) is 10.8 Å². The molecule has 2 aromatic rings. The number of hydrogen-bond acceptors (Lipinski definition) is 3. The predicted molar refractivity (Wildman–Crippen MR) is 80.0 cm³/mol. The van der Waals surface area contributed by atoms with Crippen molar-refractivity contribution in [2.75, 3.05) is 11.9 Å². The second-order valence-corrected chi connectivity index (χ2v) is 5.18. The van der Waals surface area contributed by atoms with Crippen LogP contribution < -0.4 is 10.1 Å². The van der Waals surface area contributed by atoms with E-state index in [-0.39, 0.29) is 23.6 Å². The second kappa shape index (κ2) is 7.13. The highest BCUT2D eigenvalue weighted by Gasteiger charge is 2.09. The third kappa shape index (κ3) is 4.11. The molecule has 0 saturated heterocycles. The minimum absolute atomic E-state index is 0.110. The van der Waals surface area contributed by atoms with Crippen molar-refractivity contribution in [1.29, 1.82) is 0 Å². The molecule has 1 amide bonds. The van der Waals surface area contributed by atoms with E-state index in [1.54, 1.807) is 18.2 Å². The number of benzene rings is 2. The molecule has 0 heterocycles. The van der Waals surface area contributed by atoms with Gasteiger partial charge in [0.05, 0.1) is 5.56 Å². The van der Waals surface area contributed by atoms with Gasteiger partial charge in [-0.15, -0.1) is 0 Å². The van der Waals surface area contributed by atoms with Crippen LogP contribution in [0, 0.1) is 11.6 Å². The monoisotopic (exact) mass is 369 g/mol. The minimum Gasteiger partial charge on any atom is -0.483 e. The molecule has 0 radical (unpaired) electrons. The number of rotatable bonds is 5. The van der Waals surface area contributed by atoms with Crippen LogP contribution >= 0.6 is 15.9 Å².